The van der Waals surface area contributed by atoms with Gasteiger partial charge in [0.15, 0.2) is 5.96 Å². The van der Waals surface area contributed by atoms with Crippen LogP contribution >= 0.6 is 47.1 Å². The largest absolute Gasteiger partial charge is 0.357 e. The van der Waals surface area contributed by atoms with Crippen molar-refractivity contribution >= 4 is 63.8 Å². The Hall–Kier alpha value is 0.130. The molecule has 26 heavy (non-hydrogen) atoms. The fraction of sp³-hybridized carbons (Fsp3) is 0.765. The van der Waals surface area contributed by atoms with Crippen LogP contribution in [0.4, 0.5) is 0 Å². The molecule has 3 unspecified atom stereocenters. The van der Waals surface area contributed by atoms with Gasteiger partial charge in [-0.15, -0.1) is 35.3 Å². The Labute approximate surface area is 185 Å². The third-order valence-corrected chi connectivity index (χ3v) is 7.97. The van der Waals surface area contributed by atoms with Gasteiger partial charge in [0.05, 0.1) is 0 Å². The molecule has 9 heteroatoms. The van der Waals surface area contributed by atoms with Gasteiger partial charge in [0.1, 0.15) is 4.34 Å². The van der Waals surface area contributed by atoms with Crippen molar-refractivity contribution in [2.45, 2.75) is 61.6 Å². The Bertz CT molecular complexity index is 542. The number of hydrogen-bond acceptors (Lipinski definition) is 5. The topological polar surface area (TPSA) is 66.4 Å². The van der Waals surface area contributed by atoms with E-state index in [1.807, 2.05) is 18.5 Å². The zero-order chi connectivity index (χ0) is 17.9. The summed E-state index contributed by atoms with van der Waals surface area (Å²) in [6.07, 6.45) is 7.26. The number of aliphatic imine (C=N–C) groups is 1. The Morgan fingerprint density at radius 1 is 1.46 bits per heavy atom. The first-order chi connectivity index (χ1) is 12.2. The first-order valence-electron chi connectivity index (χ1n) is 9.17. The van der Waals surface area contributed by atoms with E-state index in [0.29, 0.717) is 11.3 Å². The Balaban J connectivity index is 0.00000338. The average molecular weight is 531 g/mol. The van der Waals surface area contributed by atoms with Crippen LogP contribution in [0.1, 0.15) is 46.0 Å². The zero-order valence-electron chi connectivity index (χ0n) is 15.6. The number of guanidine groups is 1. The van der Waals surface area contributed by atoms with Crippen LogP contribution in [0.5, 0.6) is 0 Å². The highest BCUT2D eigenvalue weighted by Crippen LogP contribution is 2.23. The molecule has 1 fully saturated rings. The molecule has 0 spiro atoms. The minimum atomic E-state index is -0.684. The van der Waals surface area contributed by atoms with Crippen LogP contribution in [-0.2, 0) is 10.8 Å². The summed E-state index contributed by atoms with van der Waals surface area (Å²) >= 11 is 3.49. The van der Waals surface area contributed by atoms with Crippen molar-refractivity contribution in [2.24, 2.45) is 4.99 Å². The Morgan fingerprint density at radius 2 is 2.31 bits per heavy atom. The summed E-state index contributed by atoms with van der Waals surface area (Å²) in [6, 6.07) is 0.386. The minimum absolute atomic E-state index is 0. The molecule has 0 aliphatic heterocycles. The molecule has 3 atom stereocenters. The lowest BCUT2D eigenvalue weighted by Gasteiger charge is -2.30. The van der Waals surface area contributed by atoms with Crippen molar-refractivity contribution in [3.8, 4) is 0 Å². The lowest BCUT2D eigenvalue weighted by atomic mass is 9.95. The number of halogens is 1. The van der Waals surface area contributed by atoms with Crippen molar-refractivity contribution in [3.63, 3.8) is 0 Å². The van der Waals surface area contributed by atoms with Crippen LogP contribution in [0, 0.1) is 0 Å². The van der Waals surface area contributed by atoms with Crippen molar-refractivity contribution < 1.29 is 4.21 Å². The van der Waals surface area contributed by atoms with E-state index >= 15 is 0 Å². The molecule has 0 radical (unpaired) electrons. The third kappa shape index (κ3) is 8.88. The molecule has 2 N–H and O–H groups in total. The second-order valence-electron chi connectivity index (χ2n) is 6.06. The van der Waals surface area contributed by atoms with Crippen LogP contribution in [0.15, 0.2) is 20.9 Å². The number of nitrogens with one attached hydrogen (secondary N) is 2. The van der Waals surface area contributed by atoms with Gasteiger partial charge in [-0.1, -0.05) is 25.1 Å². The van der Waals surface area contributed by atoms with Crippen molar-refractivity contribution in [2.75, 3.05) is 24.6 Å². The van der Waals surface area contributed by atoms with Crippen molar-refractivity contribution in [1.82, 2.24) is 15.6 Å². The lowest BCUT2D eigenvalue weighted by molar-refractivity contribution is 0.413. The number of thiazole rings is 1. The second kappa shape index (κ2) is 14.2. The molecule has 0 bridgehead atoms. The van der Waals surface area contributed by atoms with Crippen LogP contribution in [0.2, 0.25) is 0 Å². The van der Waals surface area contributed by atoms with Gasteiger partial charge in [0, 0.05) is 58.3 Å². The molecule has 1 saturated carbocycles. The highest BCUT2D eigenvalue weighted by atomic mass is 127. The average Bonchev–Trinajstić information content (AvgIpc) is 3.14. The van der Waals surface area contributed by atoms with Crippen LogP contribution in [0.25, 0.3) is 0 Å². The fourth-order valence-electron chi connectivity index (χ4n) is 2.96. The monoisotopic (exact) mass is 530 g/mol. The third-order valence-electron chi connectivity index (χ3n) is 4.18. The number of aromatic nitrogens is 1. The maximum Gasteiger partial charge on any atom is 0.191 e. The highest BCUT2D eigenvalue weighted by molar-refractivity contribution is 14.0. The van der Waals surface area contributed by atoms with E-state index in [1.54, 1.807) is 23.1 Å². The first kappa shape index (κ1) is 24.2. The van der Waals surface area contributed by atoms with Crippen molar-refractivity contribution in [3.05, 3.63) is 11.6 Å². The molecule has 1 heterocycles. The minimum Gasteiger partial charge on any atom is -0.357 e. The maximum absolute atomic E-state index is 12.1. The number of nitrogens with zero attached hydrogens (tertiary/aromatic N) is 2. The molecule has 5 nitrogen and oxygen atoms in total. The first-order valence-corrected chi connectivity index (χ1v) is 12.4. The van der Waals surface area contributed by atoms with Crippen LogP contribution in [0.3, 0.4) is 0 Å². The van der Waals surface area contributed by atoms with E-state index in [-0.39, 0.29) is 24.0 Å². The predicted octanol–water partition coefficient (Wildman–Crippen LogP) is 3.88. The normalized spacial score (nSPS) is 21.7. The van der Waals surface area contributed by atoms with Gasteiger partial charge in [-0.05, 0) is 32.6 Å². The summed E-state index contributed by atoms with van der Waals surface area (Å²) in [5.41, 5.74) is 0. The van der Waals surface area contributed by atoms with E-state index in [2.05, 4.69) is 22.5 Å². The molecule has 0 aromatic carbocycles. The molecule has 0 saturated heterocycles. The summed E-state index contributed by atoms with van der Waals surface area (Å²) in [6.45, 7) is 5.77. The van der Waals surface area contributed by atoms with Gasteiger partial charge in [-0.2, -0.15) is 0 Å². The Morgan fingerprint density at radius 3 is 3.00 bits per heavy atom. The van der Waals surface area contributed by atoms with Crippen LogP contribution < -0.4 is 10.6 Å². The summed E-state index contributed by atoms with van der Waals surface area (Å²) in [7, 11) is -0.684. The maximum atomic E-state index is 12.1. The van der Waals surface area contributed by atoms with Gasteiger partial charge in [0.25, 0.3) is 0 Å². The zero-order valence-corrected chi connectivity index (χ0v) is 20.4. The van der Waals surface area contributed by atoms with Gasteiger partial charge in [0.2, 0.25) is 0 Å². The SMILES string of the molecule is CCNC(=NCCCSc1nccs1)NC1CCCC(S(=O)CC)C1.I. The van der Waals surface area contributed by atoms with Gasteiger partial charge in [-0.3, -0.25) is 9.20 Å². The molecule has 1 aliphatic rings. The molecule has 1 aromatic heterocycles. The number of rotatable bonds is 9. The smallest absolute Gasteiger partial charge is 0.191 e. The summed E-state index contributed by atoms with van der Waals surface area (Å²) in [5, 5.41) is 9.25. The number of thioether (sulfide) groups is 1. The molecule has 1 aliphatic carbocycles. The van der Waals surface area contributed by atoms with E-state index in [0.717, 1.165) is 67.0 Å². The summed E-state index contributed by atoms with van der Waals surface area (Å²) in [4.78, 5) is 8.98. The summed E-state index contributed by atoms with van der Waals surface area (Å²) < 4.78 is 13.2. The van der Waals surface area contributed by atoms with Gasteiger partial charge in [-0.25, -0.2) is 4.98 Å². The molecule has 0 amide bonds. The van der Waals surface area contributed by atoms with E-state index in [9.17, 15) is 4.21 Å². The van der Waals surface area contributed by atoms with E-state index in [1.165, 1.54) is 0 Å². The van der Waals surface area contributed by atoms with E-state index in [4.69, 9.17) is 4.99 Å². The second-order valence-corrected chi connectivity index (χ2v) is 10.3. The van der Waals surface area contributed by atoms with Gasteiger partial charge < -0.3 is 10.6 Å². The van der Waals surface area contributed by atoms with Crippen LogP contribution in [-0.4, -0.2) is 51.0 Å². The molecular weight excluding hydrogens is 499 g/mol. The Kier molecular flexibility index (Phi) is 13.2. The standard InChI is InChI=1S/C17H30N4OS3.HI/c1-3-18-16(19-9-6-11-23-17-20-10-12-24-17)21-14-7-5-8-15(13-14)25(22)4-2;/h10,12,14-15H,3-9,11,13H2,1-2H3,(H2,18,19,21);1H. The predicted molar refractivity (Wildman–Crippen MR) is 127 cm³/mol. The molecule has 150 valence electrons. The lowest BCUT2D eigenvalue weighted by Crippen LogP contribution is -2.46. The van der Waals surface area contributed by atoms with E-state index < -0.39 is 10.8 Å². The number of hydrogen-bond donors (Lipinski definition) is 2. The molecular formula is C17H31IN4OS3. The fourth-order valence-corrected chi connectivity index (χ4v) is 5.94. The molecule has 2 rings (SSSR count). The van der Waals surface area contributed by atoms with Crippen molar-refractivity contribution in [1.29, 1.82) is 0 Å². The quantitative estimate of drug-likeness (QED) is 0.167. The van der Waals surface area contributed by atoms with Gasteiger partial charge >= 0.3 is 0 Å². The summed E-state index contributed by atoms with van der Waals surface area (Å²) in [5.74, 6) is 2.70. The highest BCUT2D eigenvalue weighted by Gasteiger charge is 2.25. The molecule has 1 aromatic rings.